The van der Waals surface area contributed by atoms with Gasteiger partial charge in [-0.3, -0.25) is 19.2 Å². The zero-order chi connectivity index (χ0) is 35.9. The Labute approximate surface area is 283 Å². The third-order valence-electron chi connectivity index (χ3n) is 8.84. The molecule has 1 unspecified atom stereocenters. The van der Waals surface area contributed by atoms with Crippen molar-refractivity contribution in [3.63, 3.8) is 0 Å². The predicted molar refractivity (Wildman–Crippen MR) is 174 cm³/mol. The molecule has 262 valence electrons. The molecule has 2 heterocycles. The Morgan fingerprint density at radius 1 is 1.04 bits per heavy atom. The number of nitrogens with zero attached hydrogens (tertiary/aromatic N) is 2. The number of H-pyrrole nitrogens is 1. The fourth-order valence-corrected chi connectivity index (χ4v) is 6.25. The number of nitrogens with one attached hydrogen (secondary N) is 2. The molecule has 1 aliphatic rings. The molecule has 4 atom stereocenters. The zero-order valence-corrected chi connectivity index (χ0v) is 28.3. The van der Waals surface area contributed by atoms with Gasteiger partial charge in [0.05, 0.1) is 24.3 Å². The van der Waals surface area contributed by atoms with E-state index in [0.717, 1.165) is 7.11 Å². The van der Waals surface area contributed by atoms with E-state index in [1.54, 1.807) is 37.8 Å². The first-order valence-electron chi connectivity index (χ1n) is 16.0. The van der Waals surface area contributed by atoms with Crippen LogP contribution in [0.4, 0.5) is 9.18 Å². The molecule has 2 aromatic carbocycles. The van der Waals surface area contributed by atoms with Crippen LogP contribution in [0, 0.1) is 18.2 Å². The van der Waals surface area contributed by atoms with Crippen LogP contribution in [0.25, 0.3) is 0 Å². The number of esters is 1. The molecule has 2 amide bonds. The van der Waals surface area contributed by atoms with E-state index >= 15 is 0 Å². The van der Waals surface area contributed by atoms with E-state index in [-0.39, 0.29) is 24.2 Å². The van der Waals surface area contributed by atoms with Crippen molar-refractivity contribution in [2.45, 2.75) is 84.7 Å². The molecule has 13 nitrogen and oxygen atoms in total. The molecule has 0 spiro atoms. The second-order valence-electron chi connectivity index (χ2n) is 11.8. The number of rotatable bonds is 12. The molecule has 0 aliphatic carbocycles. The van der Waals surface area contributed by atoms with Gasteiger partial charge in [-0.15, -0.1) is 0 Å². The summed E-state index contributed by atoms with van der Waals surface area (Å²) in [5.41, 5.74) is -0.404. The standard InChI is InChI=1S/C35H41FN4O9/c1-7-35(8-2,33(44)47-22(5)48-34(45)46-6)29-17-16-27(24-10-9-11-25(36)19-24)40(29)32(43)21(4)37-30(41)23-12-14-26(15-13-23)49-28-18-20(3)38-39-31(28)42/h9-15,18-19,21-22,27,29H,7-8,16-17H2,1-6H3,(H,37,41)(H,39,42)/t21-,22?,27+,29-/m1/s1. The lowest BCUT2D eigenvalue weighted by Crippen LogP contribution is -2.56. The van der Waals surface area contributed by atoms with Gasteiger partial charge in [-0.2, -0.15) is 5.10 Å². The molecule has 0 bridgehead atoms. The smallest absolute Gasteiger partial charge is 0.451 e. The molecule has 0 saturated carbocycles. The summed E-state index contributed by atoms with van der Waals surface area (Å²) < 4.78 is 35.1. The van der Waals surface area contributed by atoms with Crippen LogP contribution in [0.3, 0.4) is 0 Å². The highest BCUT2D eigenvalue weighted by molar-refractivity contribution is 5.97. The van der Waals surface area contributed by atoms with E-state index in [0.29, 0.717) is 29.8 Å². The van der Waals surface area contributed by atoms with Gasteiger partial charge in [0.25, 0.3) is 5.91 Å². The number of hydrogen-bond donors (Lipinski definition) is 2. The number of aryl methyl sites for hydroxylation is 1. The largest absolute Gasteiger partial charge is 0.511 e. The van der Waals surface area contributed by atoms with Crippen molar-refractivity contribution in [3.05, 3.63) is 87.6 Å². The minimum Gasteiger partial charge on any atom is -0.451 e. The summed E-state index contributed by atoms with van der Waals surface area (Å²) >= 11 is 0. The van der Waals surface area contributed by atoms with Crippen LogP contribution >= 0.6 is 0 Å². The number of benzene rings is 2. The first-order chi connectivity index (χ1) is 23.3. The second-order valence-corrected chi connectivity index (χ2v) is 11.8. The third kappa shape index (κ3) is 8.24. The molecule has 1 fully saturated rings. The number of halogens is 1. The van der Waals surface area contributed by atoms with Crippen molar-refractivity contribution in [2.75, 3.05) is 7.11 Å². The Kier molecular flexibility index (Phi) is 11.8. The Morgan fingerprint density at radius 3 is 2.37 bits per heavy atom. The topological polar surface area (TPSA) is 166 Å². The Hall–Kier alpha value is -5.27. The van der Waals surface area contributed by atoms with Gasteiger partial charge in [-0.1, -0.05) is 26.0 Å². The monoisotopic (exact) mass is 680 g/mol. The molecule has 3 aromatic rings. The minimum atomic E-state index is -1.26. The van der Waals surface area contributed by atoms with Crippen molar-refractivity contribution in [1.82, 2.24) is 20.4 Å². The van der Waals surface area contributed by atoms with E-state index in [9.17, 15) is 28.4 Å². The van der Waals surface area contributed by atoms with Crippen LogP contribution < -0.4 is 15.6 Å². The average molecular weight is 681 g/mol. The maximum Gasteiger partial charge on any atom is 0.511 e. The van der Waals surface area contributed by atoms with Crippen LogP contribution in [-0.4, -0.2) is 64.5 Å². The molecule has 14 heteroatoms. The molecule has 0 radical (unpaired) electrons. The van der Waals surface area contributed by atoms with Gasteiger partial charge in [0.2, 0.25) is 12.2 Å². The minimum absolute atomic E-state index is 0.0431. The molecular formula is C35H41FN4O9. The van der Waals surface area contributed by atoms with Crippen molar-refractivity contribution in [2.24, 2.45) is 5.41 Å². The van der Waals surface area contributed by atoms with Crippen LogP contribution in [0.2, 0.25) is 0 Å². The molecule has 1 aliphatic heterocycles. The van der Waals surface area contributed by atoms with Crippen LogP contribution in [0.5, 0.6) is 11.5 Å². The highest BCUT2D eigenvalue weighted by atomic mass is 19.1. The maximum atomic E-state index is 14.4. The number of methoxy groups -OCH3 is 1. The summed E-state index contributed by atoms with van der Waals surface area (Å²) in [5.74, 6) is -1.82. The van der Waals surface area contributed by atoms with Crippen molar-refractivity contribution < 1.29 is 42.5 Å². The summed E-state index contributed by atoms with van der Waals surface area (Å²) in [4.78, 5) is 66.7. The lowest BCUT2D eigenvalue weighted by Gasteiger charge is -2.43. The number of aromatic amines is 1. The molecule has 49 heavy (non-hydrogen) atoms. The quantitative estimate of drug-likeness (QED) is 0.188. The normalized spacial score (nSPS) is 17.1. The summed E-state index contributed by atoms with van der Waals surface area (Å²) in [6, 6.07) is 11.1. The second kappa shape index (κ2) is 15.8. The summed E-state index contributed by atoms with van der Waals surface area (Å²) in [6.07, 6.45) is -0.918. The van der Waals surface area contributed by atoms with Gasteiger partial charge in [0.1, 0.15) is 17.6 Å². The Bertz CT molecular complexity index is 1720. The number of aromatic nitrogens is 2. The molecular weight excluding hydrogens is 639 g/mol. The van der Waals surface area contributed by atoms with Gasteiger partial charge in [0.15, 0.2) is 5.75 Å². The van der Waals surface area contributed by atoms with Gasteiger partial charge in [-0.05, 0) is 81.5 Å². The first kappa shape index (κ1) is 36.6. The number of ether oxygens (including phenoxy) is 4. The summed E-state index contributed by atoms with van der Waals surface area (Å²) in [7, 11) is 1.13. The van der Waals surface area contributed by atoms with Crippen LogP contribution in [0.1, 0.15) is 81.0 Å². The van der Waals surface area contributed by atoms with E-state index in [1.807, 2.05) is 0 Å². The van der Waals surface area contributed by atoms with Crippen molar-refractivity contribution in [1.29, 1.82) is 0 Å². The summed E-state index contributed by atoms with van der Waals surface area (Å²) in [6.45, 7) is 8.23. The van der Waals surface area contributed by atoms with Gasteiger partial charge in [0, 0.05) is 24.6 Å². The fourth-order valence-electron chi connectivity index (χ4n) is 6.25. The number of carbonyl (C=O) groups is 4. The Balaban J connectivity index is 1.58. The van der Waals surface area contributed by atoms with E-state index in [4.69, 9.17) is 14.2 Å². The molecule has 2 N–H and O–H groups in total. The zero-order valence-electron chi connectivity index (χ0n) is 28.3. The average Bonchev–Trinajstić information content (AvgIpc) is 3.52. The number of carbonyl (C=O) groups excluding carboxylic acids is 4. The summed E-state index contributed by atoms with van der Waals surface area (Å²) in [5, 5.41) is 8.89. The molecule has 1 aromatic heterocycles. The fraction of sp³-hybridized carbons (Fsp3) is 0.429. The van der Waals surface area contributed by atoms with Crippen molar-refractivity contribution in [3.8, 4) is 11.5 Å². The van der Waals surface area contributed by atoms with E-state index in [1.165, 1.54) is 56.3 Å². The highest BCUT2D eigenvalue weighted by Crippen LogP contribution is 2.48. The van der Waals surface area contributed by atoms with Crippen LogP contribution in [-0.2, 0) is 23.8 Å². The number of hydrogen-bond acceptors (Lipinski definition) is 10. The number of likely N-dealkylation sites (tertiary alicyclic amines) is 1. The molecule has 1 saturated heterocycles. The Morgan fingerprint density at radius 2 is 1.73 bits per heavy atom. The molecule has 4 rings (SSSR count). The third-order valence-corrected chi connectivity index (χ3v) is 8.84. The first-order valence-corrected chi connectivity index (χ1v) is 16.0. The van der Waals surface area contributed by atoms with Gasteiger partial charge < -0.3 is 29.2 Å². The lowest BCUT2D eigenvalue weighted by atomic mass is 9.74. The maximum absolute atomic E-state index is 14.4. The van der Waals surface area contributed by atoms with Crippen molar-refractivity contribution >= 4 is 23.9 Å². The highest BCUT2D eigenvalue weighted by Gasteiger charge is 2.54. The van der Waals surface area contributed by atoms with Crippen LogP contribution in [0.15, 0.2) is 59.4 Å². The predicted octanol–water partition coefficient (Wildman–Crippen LogP) is 5.34. The van der Waals surface area contributed by atoms with E-state index in [2.05, 4.69) is 20.3 Å². The van der Waals surface area contributed by atoms with Gasteiger partial charge >= 0.3 is 17.7 Å². The van der Waals surface area contributed by atoms with E-state index < -0.39 is 65.1 Å². The van der Waals surface area contributed by atoms with Gasteiger partial charge in [-0.25, -0.2) is 14.3 Å². The SMILES string of the molecule is CCC(CC)(C(=O)OC(C)OC(=O)OC)[C@H]1CC[C@@H](c2cccc(F)c2)N1C(=O)[C@@H](C)NC(=O)c1ccc(Oc2cc(C)n[nH]c2=O)cc1. The number of amides is 2. The lowest BCUT2D eigenvalue weighted by molar-refractivity contribution is -0.185.